The van der Waals surface area contributed by atoms with Gasteiger partial charge in [0.2, 0.25) is 11.8 Å². The number of benzene rings is 1. The van der Waals surface area contributed by atoms with E-state index in [9.17, 15) is 0 Å². The van der Waals surface area contributed by atoms with Crippen LogP contribution in [0.4, 0.5) is 0 Å². The molecule has 0 amide bonds. The third-order valence-electron chi connectivity index (χ3n) is 2.78. The Morgan fingerprint density at radius 3 is 2.94 bits per heavy atom. The number of methoxy groups -OCH3 is 1. The molecule has 1 atom stereocenters. The van der Waals surface area contributed by atoms with Gasteiger partial charge in [0, 0.05) is 0 Å². The van der Waals surface area contributed by atoms with E-state index < -0.39 is 0 Å². The van der Waals surface area contributed by atoms with Crippen molar-refractivity contribution in [2.24, 2.45) is 0 Å². The molecule has 1 aromatic heterocycles. The van der Waals surface area contributed by atoms with Crippen LogP contribution in [0.1, 0.15) is 30.3 Å². The van der Waals surface area contributed by atoms with E-state index in [1.165, 1.54) is 0 Å². The summed E-state index contributed by atoms with van der Waals surface area (Å²) in [4.78, 5) is 0. The maximum Gasteiger partial charge on any atom is 0.233 e. The van der Waals surface area contributed by atoms with Crippen molar-refractivity contribution in [3.63, 3.8) is 0 Å². The van der Waals surface area contributed by atoms with Crippen molar-refractivity contribution in [2.75, 3.05) is 14.2 Å². The van der Waals surface area contributed by atoms with Gasteiger partial charge in [-0.25, -0.2) is 0 Å². The molecule has 96 valence electrons. The Hall–Kier alpha value is -1.88. The third-order valence-corrected chi connectivity index (χ3v) is 2.78. The number of aromatic nitrogens is 2. The highest BCUT2D eigenvalue weighted by molar-refractivity contribution is 5.29. The van der Waals surface area contributed by atoms with Crippen molar-refractivity contribution in [3.05, 3.63) is 41.6 Å². The number of rotatable bonds is 5. The summed E-state index contributed by atoms with van der Waals surface area (Å²) >= 11 is 0. The summed E-state index contributed by atoms with van der Waals surface area (Å²) in [6.07, 6.45) is 0.612. The van der Waals surface area contributed by atoms with Crippen LogP contribution in [0.5, 0.6) is 5.75 Å². The second-order valence-corrected chi connectivity index (χ2v) is 4.07. The molecule has 0 aliphatic carbocycles. The van der Waals surface area contributed by atoms with Gasteiger partial charge < -0.3 is 14.5 Å². The first-order valence-corrected chi connectivity index (χ1v) is 5.85. The summed E-state index contributed by atoms with van der Waals surface area (Å²) in [5.74, 6) is 2.05. The molecule has 1 aromatic carbocycles. The summed E-state index contributed by atoms with van der Waals surface area (Å²) in [6, 6.07) is 7.89. The SMILES string of the molecule is CNC(C)c1nnc(Cc2cccc(OC)c2)o1. The zero-order valence-corrected chi connectivity index (χ0v) is 10.8. The van der Waals surface area contributed by atoms with E-state index in [1.807, 2.05) is 38.2 Å². The molecule has 0 aliphatic rings. The van der Waals surface area contributed by atoms with Gasteiger partial charge in [-0.05, 0) is 31.7 Å². The molecular formula is C13H17N3O2. The summed E-state index contributed by atoms with van der Waals surface area (Å²) in [7, 11) is 3.51. The van der Waals surface area contributed by atoms with Gasteiger partial charge in [-0.2, -0.15) is 0 Å². The van der Waals surface area contributed by atoms with Gasteiger partial charge in [0.1, 0.15) is 5.75 Å². The lowest BCUT2D eigenvalue weighted by Gasteiger charge is -2.03. The number of hydrogen-bond acceptors (Lipinski definition) is 5. The van der Waals surface area contributed by atoms with Crippen LogP contribution >= 0.6 is 0 Å². The minimum atomic E-state index is 0.0663. The summed E-state index contributed by atoms with van der Waals surface area (Å²) in [6.45, 7) is 1.98. The lowest BCUT2D eigenvalue weighted by atomic mass is 10.1. The van der Waals surface area contributed by atoms with E-state index in [0.29, 0.717) is 18.2 Å². The van der Waals surface area contributed by atoms with Gasteiger partial charge in [-0.1, -0.05) is 12.1 Å². The van der Waals surface area contributed by atoms with E-state index in [1.54, 1.807) is 7.11 Å². The highest BCUT2D eigenvalue weighted by atomic mass is 16.5. The lowest BCUT2D eigenvalue weighted by molar-refractivity contribution is 0.408. The smallest absolute Gasteiger partial charge is 0.233 e. The molecule has 0 radical (unpaired) electrons. The first kappa shape index (κ1) is 12.6. The van der Waals surface area contributed by atoms with Gasteiger partial charge in [0.15, 0.2) is 0 Å². The molecule has 2 aromatic rings. The summed E-state index contributed by atoms with van der Waals surface area (Å²) in [5.41, 5.74) is 1.08. The molecule has 18 heavy (non-hydrogen) atoms. The Labute approximate surface area is 106 Å². The lowest BCUT2D eigenvalue weighted by Crippen LogP contribution is -2.12. The van der Waals surface area contributed by atoms with Crippen LogP contribution in [-0.4, -0.2) is 24.4 Å². The summed E-state index contributed by atoms with van der Waals surface area (Å²) in [5, 5.41) is 11.1. The monoisotopic (exact) mass is 247 g/mol. The molecule has 0 bridgehead atoms. The number of nitrogens with zero attached hydrogens (tertiary/aromatic N) is 2. The zero-order chi connectivity index (χ0) is 13.0. The van der Waals surface area contributed by atoms with Crippen molar-refractivity contribution in [2.45, 2.75) is 19.4 Å². The summed E-state index contributed by atoms with van der Waals surface area (Å²) < 4.78 is 10.8. The van der Waals surface area contributed by atoms with E-state index >= 15 is 0 Å². The van der Waals surface area contributed by atoms with Gasteiger partial charge in [0.05, 0.1) is 19.6 Å². The van der Waals surface area contributed by atoms with Crippen LogP contribution in [-0.2, 0) is 6.42 Å². The van der Waals surface area contributed by atoms with Gasteiger partial charge >= 0.3 is 0 Å². The minimum absolute atomic E-state index is 0.0663. The molecule has 5 nitrogen and oxygen atoms in total. The second kappa shape index (κ2) is 5.64. The number of nitrogens with one attached hydrogen (secondary N) is 1. The molecule has 0 fully saturated rings. The van der Waals surface area contributed by atoms with E-state index in [2.05, 4.69) is 15.5 Å². The Morgan fingerprint density at radius 1 is 1.39 bits per heavy atom. The topological polar surface area (TPSA) is 60.2 Å². The van der Waals surface area contributed by atoms with E-state index in [-0.39, 0.29) is 6.04 Å². The number of hydrogen-bond donors (Lipinski definition) is 1. The molecule has 1 heterocycles. The van der Waals surface area contributed by atoms with Gasteiger partial charge in [-0.15, -0.1) is 10.2 Å². The van der Waals surface area contributed by atoms with Crippen LogP contribution in [0.25, 0.3) is 0 Å². The highest BCUT2D eigenvalue weighted by Gasteiger charge is 2.12. The first-order valence-electron chi connectivity index (χ1n) is 5.85. The molecular weight excluding hydrogens is 230 g/mol. The predicted molar refractivity (Wildman–Crippen MR) is 67.6 cm³/mol. The fourth-order valence-corrected chi connectivity index (χ4v) is 1.59. The Morgan fingerprint density at radius 2 is 2.22 bits per heavy atom. The molecule has 0 saturated carbocycles. The van der Waals surface area contributed by atoms with Crippen molar-refractivity contribution in [1.82, 2.24) is 15.5 Å². The van der Waals surface area contributed by atoms with Crippen LogP contribution in [0, 0.1) is 0 Å². The number of ether oxygens (including phenoxy) is 1. The molecule has 2 rings (SSSR count). The fraction of sp³-hybridized carbons (Fsp3) is 0.385. The van der Waals surface area contributed by atoms with Crippen LogP contribution in [0.3, 0.4) is 0 Å². The minimum Gasteiger partial charge on any atom is -0.497 e. The standard InChI is InChI=1S/C13H17N3O2/c1-9(14-2)13-16-15-12(18-13)8-10-5-4-6-11(7-10)17-3/h4-7,9,14H,8H2,1-3H3. The maximum atomic E-state index is 5.59. The quantitative estimate of drug-likeness (QED) is 0.875. The zero-order valence-electron chi connectivity index (χ0n) is 10.8. The Bertz CT molecular complexity index is 510. The van der Waals surface area contributed by atoms with Crippen molar-refractivity contribution in [3.8, 4) is 5.75 Å². The molecule has 5 heteroatoms. The van der Waals surface area contributed by atoms with Crippen molar-refractivity contribution in [1.29, 1.82) is 0 Å². The fourth-order valence-electron chi connectivity index (χ4n) is 1.59. The van der Waals surface area contributed by atoms with Crippen LogP contribution in [0.15, 0.2) is 28.7 Å². The molecule has 0 saturated heterocycles. The van der Waals surface area contributed by atoms with Crippen molar-refractivity contribution < 1.29 is 9.15 Å². The maximum absolute atomic E-state index is 5.59. The highest BCUT2D eigenvalue weighted by Crippen LogP contribution is 2.17. The van der Waals surface area contributed by atoms with Crippen molar-refractivity contribution >= 4 is 0 Å². The third kappa shape index (κ3) is 2.87. The predicted octanol–water partition coefficient (Wildman–Crippen LogP) is 1.95. The van der Waals surface area contributed by atoms with E-state index in [4.69, 9.17) is 9.15 Å². The molecule has 1 N–H and O–H groups in total. The Balaban J connectivity index is 2.11. The molecule has 0 spiro atoms. The van der Waals surface area contributed by atoms with Gasteiger partial charge in [-0.3, -0.25) is 0 Å². The van der Waals surface area contributed by atoms with Crippen LogP contribution < -0.4 is 10.1 Å². The average Bonchev–Trinajstić information content (AvgIpc) is 2.86. The second-order valence-electron chi connectivity index (χ2n) is 4.07. The van der Waals surface area contributed by atoms with Gasteiger partial charge in [0.25, 0.3) is 0 Å². The van der Waals surface area contributed by atoms with E-state index in [0.717, 1.165) is 11.3 Å². The Kier molecular flexibility index (Phi) is 3.94. The van der Waals surface area contributed by atoms with Crippen LogP contribution in [0.2, 0.25) is 0 Å². The normalized spacial score (nSPS) is 12.4. The average molecular weight is 247 g/mol. The first-order chi connectivity index (χ1) is 8.72. The molecule has 0 aliphatic heterocycles. The largest absolute Gasteiger partial charge is 0.497 e. The molecule has 1 unspecified atom stereocenters.